The Kier molecular flexibility index (Phi) is 5.70. The molecule has 1 aromatic carbocycles. The average molecular weight is 392 g/mol. The van der Waals surface area contributed by atoms with Crippen molar-refractivity contribution in [1.29, 1.82) is 0 Å². The van der Waals surface area contributed by atoms with Crippen LogP contribution in [0.25, 0.3) is 0 Å². The molecule has 2 rings (SSSR count). The molecule has 4 nitrogen and oxygen atoms in total. The second-order valence-electron chi connectivity index (χ2n) is 4.55. The van der Waals surface area contributed by atoms with Crippen LogP contribution in [0, 0.1) is 0 Å². The van der Waals surface area contributed by atoms with E-state index in [1.165, 1.54) is 12.1 Å². The molecular weight excluding hydrogens is 379 g/mol. The number of alkyl halides is 3. The van der Waals surface area contributed by atoms with Crippen molar-refractivity contribution >= 4 is 15.9 Å². The molecule has 0 aliphatic carbocycles. The van der Waals surface area contributed by atoms with Gasteiger partial charge < -0.3 is 14.6 Å². The topological polar surface area (TPSA) is 51.6 Å². The highest BCUT2D eigenvalue weighted by Gasteiger charge is 2.30. The number of pyridine rings is 1. The lowest BCUT2D eigenvalue weighted by molar-refractivity contribution is -0.137. The second-order valence-corrected chi connectivity index (χ2v) is 5.40. The van der Waals surface area contributed by atoms with Gasteiger partial charge in [0.1, 0.15) is 11.5 Å². The van der Waals surface area contributed by atoms with Crippen LogP contribution in [0.2, 0.25) is 0 Å². The Hall–Kier alpha value is -1.96. The first-order valence-electron chi connectivity index (χ1n) is 6.63. The molecule has 2 aromatic rings. The van der Waals surface area contributed by atoms with Gasteiger partial charge >= 0.3 is 6.18 Å². The fourth-order valence-corrected chi connectivity index (χ4v) is 1.99. The monoisotopic (exact) mass is 391 g/mol. The Labute approximate surface area is 139 Å². The number of phenols is 1. The van der Waals surface area contributed by atoms with Gasteiger partial charge in [-0.25, -0.2) is 4.98 Å². The van der Waals surface area contributed by atoms with Gasteiger partial charge in [0.05, 0.1) is 23.2 Å². The van der Waals surface area contributed by atoms with Gasteiger partial charge in [0.15, 0.2) is 0 Å². The Bertz CT molecular complexity index is 647. The standard InChI is InChI=1S/C15H13BrF3NO3/c16-12-8-11(3-4-13(12)21)22-6-1-7-23-14-5-2-10(9-20-14)15(17,18)19/h2-5,8-9,21H,1,6-7H2. The lowest BCUT2D eigenvalue weighted by Crippen LogP contribution is -2.08. The molecule has 0 saturated heterocycles. The summed E-state index contributed by atoms with van der Waals surface area (Å²) in [6, 6.07) is 6.86. The van der Waals surface area contributed by atoms with Crippen molar-refractivity contribution in [2.75, 3.05) is 13.2 Å². The number of nitrogens with zero attached hydrogens (tertiary/aromatic N) is 1. The second kappa shape index (κ2) is 7.54. The van der Waals surface area contributed by atoms with Gasteiger partial charge in [0.25, 0.3) is 0 Å². The summed E-state index contributed by atoms with van der Waals surface area (Å²) in [7, 11) is 0. The number of rotatable bonds is 6. The van der Waals surface area contributed by atoms with Gasteiger partial charge in [0, 0.05) is 18.7 Å². The molecule has 0 bridgehead atoms. The summed E-state index contributed by atoms with van der Waals surface area (Å²) in [6.45, 7) is 0.621. The largest absolute Gasteiger partial charge is 0.507 e. The smallest absolute Gasteiger partial charge is 0.417 e. The number of aromatic nitrogens is 1. The van der Waals surface area contributed by atoms with Gasteiger partial charge in [-0.05, 0) is 40.2 Å². The summed E-state index contributed by atoms with van der Waals surface area (Å²) < 4.78 is 48.3. The van der Waals surface area contributed by atoms with Crippen LogP contribution in [0.4, 0.5) is 13.2 Å². The number of aromatic hydroxyl groups is 1. The molecule has 0 atom stereocenters. The van der Waals surface area contributed by atoms with E-state index in [4.69, 9.17) is 9.47 Å². The summed E-state index contributed by atoms with van der Waals surface area (Å²) in [6.07, 6.45) is -3.14. The minimum Gasteiger partial charge on any atom is -0.507 e. The van der Waals surface area contributed by atoms with E-state index in [1.54, 1.807) is 12.1 Å². The van der Waals surface area contributed by atoms with Crippen molar-refractivity contribution in [3.8, 4) is 17.4 Å². The molecule has 0 aliphatic rings. The maximum absolute atomic E-state index is 12.4. The van der Waals surface area contributed by atoms with Crippen LogP contribution in [-0.4, -0.2) is 23.3 Å². The van der Waals surface area contributed by atoms with Gasteiger partial charge in [-0.1, -0.05) is 0 Å². The molecule has 23 heavy (non-hydrogen) atoms. The zero-order chi connectivity index (χ0) is 16.9. The van der Waals surface area contributed by atoms with Crippen LogP contribution < -0.4 is 9.47 Å². The van der Waals surface area contributed by atoms with E-state index in [9.17, 15) is 18.3 Å². The summed E-state index contributed by atoms with van der Waals surface area (Å²) in [4.78, 5) is 3.61. The molecular formula is C15H13BrF3NO3. The van der Waals surface area contributed by atoms with E-state index >= 15 is 0 Å². The summed E-state index contributed by atoms with van der Waals surface area (Å²) in [5.74, 6) is 0.835. The molecule has 0 amide bonds. The Morgan fingerprint density at radius 1 is 1.09 bits per heavy atom. The zero-order valence-corrected chi connectivity index (χ0v) is 13.4. The first-order valence-corrected chi connectivity index (χ1v) is 7.43. The van der Waals surface area contributed by atoms with Crippen LogP contribution in [0.3, 0.4) is 0 Å². The summed E-state index contributed by atoms with van der Waals surface area (Å²) in [5.41, 5.74) is -0.814. The van der Waals surface area contributed by atoms with Crippen molar-refractivity contribution in [2.45, 2.75) is 12.6 Å². The highest BCUT2D eigenvalue weighted by Crippen LogP contribution is 2.29. The van der Waals surface area contributed by atoms with Gasteiger partial charge in [-0.3, -0.25) is 0 Å². The Balaban J connectivity index is 1.72. The molecule has 1 heterocycles. The van der Waals surface area contributed by atoms with Gasteiger partial charge in [-0.15, -0.1) is 0 Å². The normalized spacial score (nSPS) is 11.3. The Morgan fingerprint density at radius 3 is 2.43 bits per heavy atom. The lowest BCUT2D eigenvalue weighted by atomic mass is 10.3. The van der Waals surface area contributed by atoms with E-state index in [2.05, 4.69) is 20.9 Å². The molecule has 1 N–H and O–H groups in total. The number of hydrogen-bond acceptors (Lipinski definition) is 4. The highest BCUT2D eigenvalue weighted by molar-refractivity contribution is 9.10. The quantitative estimate of drug-likeness (QED) is 0.740. The molecule has 0 unspecified atom stereocenters. The Morgan fingerprint density at radius 2 is 1.83 bits per heavy atom. The number of ether oxygens (including phenoxy) is 2. The highest BCUT2D eigenvalue weighted by atomic mass is 79.9. The van der Waals surface area contributed by atoms with Crippen LogP contribution >= 0.6 is 15.9 Å². The number of phenolic OH excluding ortho intramolecular Hbond substituents is 1. The lowest BCUT2D eigenvalue weighted by Gasteiger charge is -2.09. The maximum Gasteiger partial charge on any atom is 0.417 e. The third-order valence-corrected chi connectivity index (χ3v) is 3.43. The fourth-order valence-electron chi connectivity index (χ4n) is 1.64. The molecule has 0 radical (unpaired) electrons. The predicted molar refractivity (Wildman–Crippen MR) is 80.7 cm³/mol. The maximum atomic E-state index is 12.4. The van der Waals surface area contributed by atoms with Crippen molar-refractivity contribution in [3.05, 3.63) is 46.6 Å². The zero-order valence-electron chi connectivity index (χ0n) is 11.8. The molecule has 0 fully saturated rings. The predicted octanol–water partition coefficient (Wildman–Crippen LogP) is 4.42. The molecule has 0 saturated carbocycles. The number of hydrogen-bond donors (Lipinski definition) is 1. The third-order valence-electron chi connectivity index (χ3n) is 2.79. The van der Waals surface area contributed by atoms with E-state index < -0.39 is 11.7 Å². The van der Waals surface area contributed by atoms with E-state index in [0.29, 0.717) is 23.2 Å². The van der Waals surface area contributed by atoms with Crippen molar-refractivity contribution in [1.82, 2.24) is 4.98 Å². The van der Waals surface area contributed by atoms with E-state index in [0.717, 1.165) is 12.3 Å². The number of halogens is 4. The first kappa shape index (κ1) is 17.4. The first-order chi connectivity index (χ1) is 10.9. The minimum atomic E-state index is -4.40. The fraction of sp³-hybridized carbons (Fsp3) is 0.267. The van der Waals surface area contributed by atoms with Crippen LogP contribution in [0.15, 0.2) is 41.0 Å². The molecule has 124 valence electrons. The number of benzene rings is 1. The van der Waals surface area contributed by atoms with E-state index in [-0.39, 0.29) is 18.2 Å². The van der Waals surface area contributed by atoms with Crippen LogP contribution in [-0.2, 0) is 6.18 Å². The minimum absolute atomic E-state index is 0.120. The van der Waals surface area contributed by atoms with Crippen LogP contribution in [0.5, 0.6) is 17.4 Å². The van der Waals surface area contributed by atoms with Crippen molar-refractivity contribution in [3.63, 3.8) is 0 Å². The third kappa shape index (κ3) is 5.31. The molecule has 0 aliphatic heterocycles. The summed E-state index contributed by atoms with van der Waals surface area (Å²) in [5, 5.41) is 9.35. The van der Waals surface area contributed by atoms with Crippen LogP contribution in [0.1, 0.15) is 12.0 Å². The van der Waals surface area contributed by atoms with Gasteiger partial charge in [-0.2, -0.15) is 13.2 Å². The molecule has 8 heteroatoms. The average Bonchev–Trinajstić information content (AvgIpc) is 2.50. The van der Waals surface area contributed by atoms with E-state index in [1.807, 2.05) is 0 Å². The SMILES string of the molecule is Oc1ccc(OCCCOc2ccc(C(F)(F)F)cn2)cc1Br. The van der Waals surface area contributed by atoms with Crippen molar-refractivity contribution < 1.29 is 27.8 Å². The molecule has 0 spiro atoms. The van der Waals surface area contributed by atoms with Gasteiger partial charge in [0.2, 0.25) is 5.88 Å². The summed E-state index contributed by atoms with van der Waals surface area (Å²) >= 11 is 3.18. The van der Waals surface area contributed by atoms with Crippen molar-refractivity contribution in [2.24, 2.45) is 0 Å². The molecule has 1 aromatic heterocycles.